The zero-order chi connectivity index (χ0) is 6.97. The Morgan fingerprint density at radius 3 is 3.10 bits per heavy atom. The van der Waals surface area contributed by atoms with Crippen molar-refractivity contribution in [2.45, 2.75) is 19.8 Å². The summed E-state index contributed by atoms with van der Waals surface area (Å²) >= 11 is 0. The molecule has 1 N–H and O–H groups in total. The van der Waals surface area contributed by atoms with Crippen molar-refractivity contribution in [2.24, 2.45) is 4.99 Å². The van der Waals surface area contributed by atoms with Gasteiger partial charge < -0.3 is 5.32 Å². The highest BCUT2D eigenvalue weighted by molar-refractivity contribution is 6.03. The Kier molecular flexibility index (Phi) is 1.26. The van der Waals surface area contributed by atoms with Gasteiger partial charge in [-0.25, -0.2) is 0 Å². The third-order valence-corrected chi connectivity index (χ3v) is 2.17. The minimum atomic E-state index is 0.964. The highest BCUT2D eigenvalue weighted by atomic mass is 15.0. The van der Waals surface area contributed by atoms with Crippen molar-refractivity contribution in [3.63, 3.8) is 0 Å². The lowest BCUT2D eigenvalue weighted by atomic mass is 10.2. The molecule has 0 radical (unpaired) electrons. The van der Waals surface area contributed by atoms with Gasteiger partial charge in [0.25, 0.3) is 0 Å². The van der Waals surface area contributed by atoms with Crippen LogP contribution in [0, 0.1) is 0 Å². The number of nitrogens with one attached hydrogen (secondary N) is 1. The summed E-state index contributed by atoms with van der Waals surface area (Å²) in [5.41, 5.74) is 4.13. The van der Waals surface area contributed by atoms with Crippen LogP contribution in [0.5, 0.6) is 0 Å². The summed E-state index contributed by atoms with van der Waals surface area (Å²) < 4.78 is 0. The van der Waals surface area contributed by atoms with Crippen LogP contribution >= 0.6 is 0 Å². The van der Waals surface area contributed by atoms with E-state index < -0.39 is 0 Å². The number of fused-ring (bicyclic) bond motifs is 1. The molecule has 0 saturated carbocycles. The maximum atomic E-state index is 4.44. The van der Waals surface area contributed by atoms with Crippen molar-refractivity contribution in [1.29, 1.82) is 0 Å². The van der Waals surface area contributed by atoms with Crippen molar-refractivity contribution in [3.8, 4) is 0 Å². The van der Waals surface area contributed by atoms with Gasteiger partial charge in [-0.05, 0) is 25.3 Å². The Labute approximate surface area is 61.0 Å². The summed E-state index contributed by atoms with van der Waals surface area (Å²) in [5.74, 6) is 0. The van der Waals surface area contributed by atoms with Crippen LogP contribution in [0.3, 0.4) is 0 Å². The summed E-state index contributed by atoms with van der Waals surface area (Å²) in [6.07, 6.45) is 2.37. The van der Waals surface area contributed by atoms with Gasteiger partial charge in [-0.15, -0.1) is 0 Å². The first-order valence-corrected chi connectivity index (χ1v) is 3.85. The van der Waals surface area contributed by atoms with E-state index in [4.69, 9.17) is 0 Å². The fourth-order valence-electron chi connectivity index (χ4n) is 1.59. The fraction of sp³-hybridized carbons (Fsp3) is 0.625. The number of nitrogens with zero attached hydrogens (tertiary/aromatic N) is 1. The van der Waals surface area contributed by atoms with Gasteiger partial charge in [-0.1, -0.05) is 0 Å². The van der Waals surface area contributed by atoms with Crippen molar-refractivity contribution in [1.82, 2.24) is 5.32 Å². The van der Waals surface area contributed by atoms with E-state index >= 15 is 0 Å². The molecular weight excluding hydrogens is 124 g/mol. The molecule has 0 spiro atoms. The van der Waals surface area contributed by atoms with E-state index in [0.717, 1.165) is 19.5 Å². The average Bonchev–Trinajstić information content (AvgIpc) is 2.34. The third-order valence-electron chi connectivity index (χ3n) is 2.17. The molecule has 2 nitrogen and oxygen atoms in total. The molecule has 0 unspecified atom stereocenters. The molecular formula is C8H12N2. The van der Waals surface area contributed by atoms with Crippen molar-refractivity contribution >= 4 is 5.71 Å². The predicted molar refractivity (Wildman–Crippen MR) is 42.2 cm³/mol. The second kappa shape index (κ2) is 2.11. The first kappa shape index (κ1) is 5.96. The molecule has 0 aromatic heterocycles. The maximum absolute atomic E-state index is 4.44. The normalized spacial score (nSPS) is 23.9. The zero-order valence-corrected chi connectivity index (χ0v) is 6.28. The lowest BCUT2D eigenvalue weighted by Crippen LogP contribution is -2.26. The Morgan fingerprint density at radius 2 is 2.30 bits per heavy atom. The quantitative estimate of drug-likeness (QED) is 0.530. The van der Waals surface area contributed by atoms with E-state index in [1.165, 1.54) is 23.4 Å². The van der Waals surface area contributed by atoms with Gasteiger partial charge >= 0.3 is 0 Å². The minimum Gasteiger partial charge on any atom is -0.382 e. The molecule has 2 aliphatic rings. The lowest BCUT2D eigenvalue weighted by Gasteiger charge is -2.13. The molecule has 0 amide bonds. The van der Waals surface area contributed by atoms with E-state index in [-0.39, 0.29) is 0 Å². The second-order valence-corrected chi connectivity index (χ2v) is 2.91. The van der Waals surface area contributed by atoms with Crippen LogP contribution in [0.25, 0.3) is 0 Å². The van der Waals surface area contributed by atoms with Gasteiger partial charge in [0.1, 0.15) is 0 Å². The standard InChI is InChI=1S/C8H12N2/c1-6-2-3-7-8(6)10-5-4-9-7/h10H,2-5H2,1H3. The van der Waals surface area contributed by atoms with Crippen LogP contribution in [0.4, 0.5) is 0 Å². The Morgan fingerprint density at radius 1 is 1.40 bits per heavy atom. The number of aliphatic imine (C=N–C) groups is 1. The predicted octanol–water partition coefficient (Wildman–Crippen LogP) is 1.10. The van der Waals surface area contributed by atoms with Crippen LogP contribution in [-0.4, -0.2) is 18.8 Å². The van der Waals surface area contributed by atoms with E-state index in [9.17, 15) is 0 Å². The molecule has 0 atom stereocenters. The Bertz CT molecular complexity index is 213. The van der Waals surface area contributed by atoms with Gasteiger partial charge in [-0.3, -0.25) is 4.99 Å². The number of hydrogen-bond donors (Lipinski definition) is 1. The number of rotatable bonds is 0. The molecule has 0 fully saturated rings. The van der Waals surface area contributed by atoms with Gasteiger partial charge in [0.15, 0.2) is 0 Å². The van der Waals surface area contributed by atoms with Gasteiger partial charge in [0, 0.05) is 6.54 Å². The molecule has 0 aromatic rings. The Hall–Kier alpha value is -0.790. The summed E-state index contributed by atoms with van der Waals surface area (Å²) in [6, 6.07) is 0. The summed E-state index contributed by atoms with van der Waals surface area (Å²) in [4.78, 5) is 4.44. The molecule has 54 valence electrons. The molecule has 0 bridgehead atoms. The minimum absolute atomic E-state index is 0.964. The van der Waals surface area contributed by atoms with Crippen LogP contribution < -0.4 is 5.32 Å². The molecule has 2 heteroatoms. The molecule has 1 aliphatic heterocycles. The fourth-order valence-corrected chi connectivity index (χ4v) is 1.59. The molecule has 0 aromatic carbocycles. The van der Waals surface area contributed by atoms with Crippen LogP contribution in [0.1, 0.15) is 19.8 Å². The first-order valence-electron chi connectivity index (χ1n) is 3.85. The summed E-state index contributed by atoms with van der Waals surface area (Å²) in [6.45, 7) is 4.18. The topological polar surface area (TPSA) is 24.4 Å². The Balaban J connectivity index is 2.37. The molecule has 1 aliphatic carbocycles. The van der Waals surface area contributed by atoms with E-state index in [0.29, 0.717) is 0 Å². The second-order valence-electron chi connectivity index (χ2n) is 2.91. The molecule has 1 heterocycles. The third kappa shape index (κ3) is 0.753. The van der Waals surface area contributed by atoms with Crippen molar-refractivity contribution < 1.29 is 0 Å². The largest absolute Gasteiger partial charge is 0.382 e. The number of allylic oxidation sites excluding steroid dienone is 2. The average molecular weight is 136 g/mol. The van der Waals surface area contributed by atoms with E-state index in [1.54, 1.807) is 0 Å². The van der Waals surface area contributed by atoms with Crippen LogP contribution in [0.15, 0.2) is 16.3 Å². The van der Waals surface area contributed by atoms with Crippen molar-refractivity contribution in [2.75, 3.05) is 13.1 Å². The lowest BCUT2D eigenvalue weighted by molar-refractivity contribution is 0.791. The maximum Gasteiger partial charge on any atom is 0.0582 e. The molecule has 10 heavy (non-hydrogen) atoms. The SMILES string of the molecule is CC1=C2NCCN=C2CC1. The molecule has 2 rings (SSSR count). The van der Waals surface area contributed by atoms with Crippen molar-refractivity contribution in [3.05, 3.63) is 11.3 Å². The highest BCUT2D eigenvalue weighted by Crippen LogP contribution is 2.22. The van der Waals surface area contributed by atoms with E-state index in [2.05, 4.69) is 17.2 Å². The smallest absolute Gasteiger partial charge is 0.0582 e. The first-order chi connectivity index (χ1) is 4.88. The monoisotopic (exact) mass is 136 g/mol. The molecule has 0 saturated heterocycles. The van der Waals surface area contributed by atoms with Gasteiger partial charge in [0.2, 0.25) is 0 Å². The van der Waals surface area contributed by atoms with E-state index in [1.807, 2.05) is 0 Å². The summed E-state index contributed by atoms with van der Waals surface area (Å²) in [5, 5.41) is 3.38. The zero-order valence-electron chi connectivity index (χ0n) is 6.28. The van der Waals surface area contributed by atoms with Gasteiger partial charge in [0.05, 0.1) is 18.0 Å². The van der Waals surface area contributed by atoms with Crippen LogP contribution in [0.2, 0.25) is 0 Å². The van der Waals surface area contributed by atoms with Crippen LogP contribution in [-0.2, 0) is 0 Å². The number of hydrogen-bond acceptors (Lipinski definition) is 2. The summed E-state index contributed by atoms with van der Waals surface area (Å²) in [7, 11) is 0. The van der Waals surface area contributed by atoms with Gasteiger partial charge in [-0.2, -0.15) is 0 Å². The highest BCUT2D eigenvalue weighted by Gasteiger charge is 2.19.